The highest BCUT2D eigenvalue weighted by atomic mass is 79.9. The van der Waals surface area contributed by atoms with E-state index >= 15 is 0 Å². The fourth-order valence-electron chi connectivity index (χ4n) is 2.77. The van der Waals surface area contributed by atoms with Crippen LogP contribution in [0.2, 0.25) is 0 Å². The lowest BCUT2D eigenvalue weighted by Crippen LogP contribution is -2.33. The first-order valence-corrected chi connectivity index (χ1v) is 7.80. The number of hydrogen-bond acceptors (Lipinski definition) is 2. The Bertz CT molecular complexity index is 873. The summed E-state index contributed by atoms with van der Waals surface area (Å²) >= 11 is 3.47. The zero-order chi connectivity index (χ0) is 15.1. The molecule has 5 nitrogen and oxygen atoms in total. The van der Waals surface area contributed by atoms with Crippen molar-refractivity contribution < 1.29 is 4.79 Å². The number of halogens is 1. The van der Waals surface area contributed by atoms with Crippen molar-refractivity contribution in [2.45, 2.75) is 6.42 Å². The van der Waals surface area contributed by atoms with Crippen LogP contribution in [0.25, 0.3) is 5.65 Å². The van der Waals surface area contributed by atoms with E-state index in [0.717, 1.165) is 27.9 Å². The topological polar surface area (TPSA) is 49.6 Å². The number of pyridine rings is 1. The first-order chi connectivity index (χ1) is 10.7. The number of anilines is 2. The van der Waals surface area contributed by atoms with E-state index in [2.05, 4.69) is 32.3 Å². The highest BCUT2D eigenvalue weighted by Crippen LogP contribution is 2.30. The number of nitrogens with zero attached hydrogens (tertiary/aromatic N) is 3. The Hall–Kier alpha value is -2.34. The van der Waals surface area contributed by atoms with E-state index in [1.165, 1.54) is 5.56 Å². The lowest BCUT2D eigenvalue weighted by atomic mass is 10.2. The number of carbonyl (C=O) groups excluding carboxylic acids is 1. The van der Waals surface area contributed by atoms with Gasteiger partial charge in [-0.3, -0.25) is 4.90 Å². The molecular weight excluding hydrogens is 344 g/mol. The molecule has 3 aromatic rings. The van der Waals surface area contributed by atoms with Crippen molar-refractivity contribution in [1.82, 2.24) is 9.38 Å². The van der Waals surface area contributed by atoms with Gasteiger partial charge in [0.25, 0.3) is 0 Å². The van der Waals surface area contributed by atoms with E-state index in [1.807, 2.05) is 41.1 Å². The van der Waals surface area contributed by atoms with Crippen LogP contribution in [-0.4, -0.2) is 22.0 Å². The lowest BCUT2D eigenvalue weighted by Gasteiger charge is -2.18. The second kappa shape index (κ2) is 5.14. The van der Waals surface area contributed by atoms with Crippen LogP contribution in [0.5, 0.6) is 0 Å². The van der Waals surface area contributed by atoms with Crippen LogP contribution in [0.15, 0.2) is 53.4 Å². The fourth-order valence-corrected chi connectivity index (χ4v) is 3.17. The number of aromatic nitrogens is 2. The Morgan fingerprint density at radius 2 is 2.18 bits per heavy atom. The molecule has 0 saturated heterocycles. The minimum Gasteiger partial charge on any atom is -0.306 e. The van der Waals surface area contributed by atoms with Gasteiger partial charge in [0.1, 0.15) is 5.65 Å². The molecule has 3 heterocycles. The van der Waals surface area contributed by atoms with E-state index in [9.17, 15) is 4.79 Å². The summed E-state index contributed by atoms with van der Waals surface area (Å²) in [5.74, 6) is 0. The summed E-state index contributed by atoms with van der Waals surface area (Å²) in [6.45, 7) is 0.699. The number of carbonyl (C=O) groups is 1. The maximum Gasteiger partial charge on any atom is 0.326 e. The zero-order valence-corrected chi connectivity index (χ0v) is 13.2. The van der Waals surface area contributed by atoms with E-state index in [1.54, 1.807) is 11.1 Å². The molecule has 0 unspecified atom stereocenters. The molecule has 2 aromatic heterocycles. The van der Waals surface area contributed by atoms with Gasteiger partial charge in [0.15, 0.2) is 0 Å². The molecule has 22 heavy (non-hydrogen) atoms. The molecular formula is C16H13BrN4O. The van der Waals surface area contributed by atoms with Gasteiger partial charge in [0.2, 0.25) is 0 Å². The van der Waals surface area contributed by atoms with Crippen molar-refractivity contribution in [3.8, 4) is 0 Å². The fraction of sp³-hybridized carbons (Fsp3) is 0.125. The smallest absolute Gasteiger partial charge is 0.306 e. The minimum atomic E-state index is -0.111. The van der Waals surface area contributed by atoms with Crippen molar-refractivity contribution >= 4 is 39.0 Å². The molecule has 0 spiro atoms. The van der Waals surface area contributed by atoms with Crippen molar-refractivity contribution in [2.24, 2.45) is 0 Å². The summed E-state index contributed by atoms with van der Waals surface area (Å²) in [7, 11) is 0. The molecule has 1 N–H and O–H groups in total. The summed E-state index contributed by atoms with van der Waals surface area (Å²) in [6.07, 6.45) is 6.32. The summed E-state index contributed by atoms with van der Waals surface area (Å²) in [5.41, 5.74) is 3.77. The monoisotopic (exact) mass is 356 g/mol. The predicted molar refractivity (Wildman–Crippen MR) is 89.4 cm³/mol. The second-order valence-electron chi connectivity index (χ2n) is 5.22. The number of imidazole rings is 1. The van der Waals surface area contributed by atoms with Gasteiger partial charge < -0.3 is 9.72 Å². The number of hydrogen-bond donors (Lipinski definition) is 1. The maximum atomic E-state index is 12.5. The molecule has 1 aromatic carbocycles. The van der Waals surface area contributed by atoms with Crippen LogP contribution in [0.3, 0.4) is 0 Å². The molecule has 1 aliphatic heterocycles. The lowest BCUT2D eigenvalue weighted by molar-refractivity contribution is 0.257. The SMILES string of the molecule is O=C(Nc1ccc2nccn2c1)N1CCc2cc(Br)ccc21. The minimum absolute atomic E-state index is 0.111. The van der Waals surface area contributed by atoms with Gasteiger partial charge in [-0.25, -0.2) is 9.78 Å². The van der Waals surface area contributed by atoms with E-state index in [0.29, 0.717) is 6.54 Å². The van der Waals surface area contributed by atoms with Crippen LogP contribution in [0.1, 0.15) is 5.56 Å². The average molecular weight is 357 g/mol. The van der Waals surface area contributed by atoms with Gasteiger partial charge >= 0.3 is 6.03 Å². The Balaban J connectivity index is 1.58. The van der Waals surface area contributed by atoms with Gasteiger partial charge in [-0.05, 0) is 42.3 Å². The molecule has 0 atom stereocenters. The largest absolute Gasteiger partial charge is 0.326 e. The molecule has 0 saturated carbocycles. The third kappa shape index (κ3) is 2.25. The molecule has 0 aliphatic carbocycles. The third-order valence-corrected chi connectivity index (χ3v) is 4.32. The molecule has 2 amide bonds. The van der Waals surface area contributed by atoms with Gasteiger partial charge in [-0.15, -0.1) is 0 Å². The van der Waals surface area contributed by atoms with Crippen LogP contribution in [0, 0.1) is 0 Å². The number of amides is 2. The summed E-state index contributed by atoms with van der Waals surface area (Å²) in [6, 6.07) is 9.64. The maximum absolute atomic E-state index is 12.5. The summed E-state index contributed by atoms with van der Waals surface area (Å²) < 4.78 is 2.92. The first kappa shape index (κ1) is 13.3. The molecule has 1 aliphatic rings. The highest BCUT2D eigenvalue weighted by molar-refractivity contribution is 9.10. The van der Waals surface area contributed by atoms with Gasteiger partial charge in [0.05, 0.1) is 5.69 Å². The highest BCUT2D eigenvalue weighted by Gasteiger charge is 2.24. The van der Waals surface area contributed by atoms with Gasteiger partial charge in [-0.1, -0.05) is 15.9 Å². The Morgan fingerprint density at radius 1 is 1.27 bits per heavy atom. The molecule has 6 heteroatoms. The predicted octanol–water partition coefficient (Wildman–Crippen LogP) is 3.69. The third-order valence-electron chi connectivity index (χ3n) is 3.82. The number of rotatable bonds is 1. The molecule has 4 rings (SSSR count). The van der Waals surface area contributed by atoms with Gasteiger partial charge in [-0.2, -0.15) is 0 Å². The molecule has 110 valence electrons. The number of nitrogens with one attached hydrogen (secondary N) is 1. The Kier molecular flexibility index (Phi) is 3.11. The molecule has 0 bridgehead atoms. The second-order valence-corrected chi connectivity index (χ2v) is 6.13. The van der Waals surface area contributed by atoms with E-state index < -0.39 is 0 Å². The number of benzene rings is 1. The van der Waals surface area contributed by atoms with Crippen molar-refractivity contribution in [3.63, 3.8) is 0 Å². The normalized spacial score (nSPS) is 13.4. The quantitative estimate of drug-likeness (QED) is 0.722. The number of urea groups is 1. The van der Waals surface area contributed by atoms with Crippen LogP contribution < -0.4 is 10.2 Å². The van der Waals surface area contributed by atoms with E-state index in [-0.39, 0.29) is 6.03 Å². The molecule has 0 fully saturated rings. The van der Waals surface area contributed by atoms with Crippen LogP contribution in [0.4, 0.5) is 16.2 Å². The van der Waals surface area contributed by atoms with Gasteiger partial charge in [0, 0.05) is 35.3 Å². The van der Waals surface area contributed by atoms with Crippen molar-refractivity contribution in [3.05, 3.63) is 59.0 Å². The van der Waals surface area contributed by atoms with E-state index in [4.69, 9.17) is 0 Å². The number of fused-ring (bicyclic) bond motifs is 2. The molecule has 0 radical (unpaired) electrons. The van der Waals surface area contributed by atoms with Crippen molar-refractivity contribution in [1.29, 1.82) is 0 Å². The van der Waals surface area contributed by atoms with Crippen LogP contribution >= 0.6 is 15.9 Å². The zero-order valence-electron chi connectivity index (χ0n) is 11.7. The standard InChI is InChI=1S/C16H13BrN4O/c17-12-1-3-14-11(9-12)5-7-21(14)16(22)19-13-2-4-15-18-6-8-20(15)10-13/h1-4,6,8-10H,5,7H2,(H,19,22). The first-order valence-electron chi connectivity index (χ1n) is 7.00. The van der Waals surface area contributed by atoms with Crippen LogP contribution in [-0.2, 0) is 6.42 Å². The average Bonchev–Trinajstić information content (AvgIpc) is 3.12. The summed E-state index contributed by atoms with van der Waals surface area (Å²) in [5, 5.41) is 2.95. The summed E-state index contributed by atoms with van der Waals surface area (Å²) in [4.78, 5) is 18.5. The Morgan fingerprint density at radius 3 is 3.09 bits per heavy atom. The van der Waals surface area contributed by atoms with Crippen molar-refractivity contribution in [2.75, 3.05) is 16.8 Å². The Labute approximate surface area is 135 Å².